The molecule has 1 saturated carbocycles. The molecule has 10 heteroatoms. The van der Waals surface area contributed by atoms with Gasteiger partial charge in [0.25, 0.3) is 5.91 Å². The zero-order chi connectivity index (χ0) is 22.9. The van der Waals surface area contributed by atoms with E-state index in [2.05, 4.69) is 20.1 Å². The van der Waals surface area contributed by atoms with Gasteiger partial charge in [-0.2, -0.15) is 0 Å². The van der Waals surface area contributed by atoms with Crippen LogP contribution in [0.1, 0.15) is 52.9 Å². The molecule has 2 aliphatic rings. The molecule has 1 aliphatic heterocycles. The van der Waals surface area contributed by atoms with Crippen molar-refractivity contribution < 1.29 is 37.4 Å². The number of alkyl halides is 2. The molecule has 1 aliphatic carbocycles. The van der Waals surface area contributed by atoms with E-state index in [1.165, 1.54) is 18.2 Å². The van der Waals surface area contributed by atoms with E-state index in [-0.39, 0.29) is 29.5 Å². The minimum atomic E-state index is -3.75. The van der Waals surface area contributed by atoms with Crippen LogP contribution in [-0.2, 0) is 19.1 Å². The third-order valence-electron chi connectivity index (χ3n) is 5.03. The quantitative estimate of drug-likeness (QED) is 0.658. The molecular weight excluding hydrogens is 414 g/mol. The van der Waals surface area contributed by atoms with Crippen LogP contribution in [0.3, 0.4) is 0 Å². The summed E-state index contributed by atoms with van der Waals surface area (Å²) in [5.41, 5.74) is -1.18. The summed E-state index contributed by atoms with van der Waals surface area (Å²) < 4.78 is 40.0. The van der Waals surface area contributed by atoms with E-state index in [1.807, 2.05) is 20.8 Å². The smallest absolute Gasteiger partial charge is 0.455 e. The molecule has 0 spiro atoms. The molecule has 0 radical (unpaired) electrons. The number of amides is 2. The van der Waals surface area contributed by atoms with E-state index < -0.39 is 35.7 Å². The summed E-state index contributed by atoms with van der Waals surface area (Å²) in [6.45, 7) is 5.00. The second-order valence-electron chi connectivity index (χ2n) is 8.92. The molecule has 1 heterocycles. The Morgan fingerprint density at radius 2 is 1.71 bits per heavy atom. The fourth-order valence-corrected chi connectivity index (χ4v) is 3.78. The van der Waals surface area contributed by atoms with Gasteiger partial charge in [0.2, 0.25) is 5.91 Å². The SMILES string of the molecule is CC(C)(C)NC(=O)CC1(C(=O)OCC(=O)Nc2ccc3c(c2)OC(F)(F)O3)CCCC1. The number of esters is 1. The highest BCUT2D eigenvalue weighted by atomic mass is 19.3. The molecule has 170 valence electrons. The van der Waals surface area contributed by atoms with Crippen molar-refractivity contribution in [2.75, 3.05) is 11.9 Å². The van der Waals surface area contributed by atoms with Crippen LogP contribution in [0.2, 0.25) is 0 Å². The summed E-state index contributed by atoms with van der Waals surface area (Å²) in [7, 11) is 0. The first-order chi connectivity index (χ1) is 14.4. The largest absolute Gasteiger partial charge is 0.586 e. The summed E-state index contributed by atoms with van der Waals surface area (Å²) >= 11 is 0. The Labute approximate surface area is 178 Å². The maximum absolute atomic E-state index is 13.1. The molecule has 2 N–H and O–H groups in total. The lowest BCUT2D eigenvalue weighted by Gasteiger charge is -2.28. The molecule has 31 heavy (non-hydrogen) atoms. The summed E-state index contributed by atoms with van der Waals surface area (Å²) in [4.78, 5) is 37.3. The van der Waals surface area contributed by atoms with Crippen LogP contribution in [0.25, 0.3) is 0 Å². The molecule has 3 rings (SSSR count). The van der Waals surface area contributed by atoms with Gasteiger partial charge < -0.3 is 24.8 Å². The monoisotopic (exact) mass is 440 g/mol. The first-order valence-corrected chi connectivity index (χ1v) is 10.1. The molecule has 1 fully saturated rings. The zero-order valence-corrected chi connectivity index (χ0v) is 17.7. The predicted molar refractivity (Wildman–Crippen MR) is 106 cm³/mol. The fourth-order valence-electron chi connectivity index (χ4n) is 3.78. The van der Waals surface area contributed by atoms with Gasteiger partial charge in [0.1, 0.15) is 0 Å². The summed E-state index contributed by atoms with van der Waals surface area (Å²) in [5, 5.41) is 5.30. The lowest BCUT2D eigenvalue weighted by molar-refractivity contribution is -0.286. The molecule has 0 atom stereocenters. The predicted octanol–water partition coefficient (Wildman–Crippen LogP) is 3.36. The number of nitrogens with one attached hydrogen (secondary N) is 2. The van der Waals surface area contributed by atoms with Gasteiger partial charge in [-0.1, -0.05) is 12.8 Å². The number of carbonyl (C=O) groups is 3. The van der Waals surface area contributed by atoms with Crippen molar-refractivity contribution in [3.05, 3.63) is 18.2 Å². The zero-order valence-electron chi connectivity index (χ0n) is 17.7. The van der Waals surface area contributed by atoms with E-state index in [1.54, 1.807) is 0 Å². The Morgan fingerprint density at radius 1 is 1.06 bits per heavy atom. The highest BCUT2D eigenvalue weighted by Crippen LogP contribution is 2.43. The third-order valence-corrected chi connectivity index (χ3v) is 5.03. The molecule has 8 nitrogen and oxygen atoms in total. The van der Waals surface area contributed by atoms with Crippen molar-refractivity contribution in [1.29, 1.82) is 0 Å². The molecule has 0 saturated heterocycles. The van der Waals surface area contributed by atoms with Crippen molar-refractivity contribution in [1.82, 2.24) is 5.32 Å². The number of benzene rings is 1. The van der Waals surface area contributed by atoms with Gasteiger partial charge in [-0.05, 0) is 45.7 Å². The van der Waals surface area contributed by atoms with Gasteiger partial charge >= 0.3 is 12.3 Å². The number of ether oxygens (including phenoxy) is 3. The standard InChI is InChI=1S/C21H26F2N2O6/c1-19(2,3)25-16(26)11-20(8-4-5-9-20)18(28)29-12-17(27)24-13-6-7-14-15(10-13)31-21(22,23)30-14/h6-7,10H,4-5,8-9,11-12H2,1-3H3,(H,24,27)(H,25,26). The summed E-state index contributed by atoms with van der Waals surface area (Å²) in [5.74, 6) is -1.84. The van der Waals surface area contributed by atoms with Crippen LogP contribution < -0.4 is 20.1 Å². The van der Waals surface area contributed by atoms with Crippen molar-refractivity contribution in [2.24, 2.45) is 5.41 Å². The van der Waals surface area contributed by atoms with Crippen LogP contribution in [0.15, 0.2) is 18.2 Å². The molecule has 0 unspecified atom stereocenters. The number of rotatable bonds is 6. The minimum Gasteiger partial charge on any atom is -0.455 e. The molecule has 2 amide bonds. The lowest BCUT2D eigenvalue weighted by Crippen LogP contribution is -2.44. The van der Waals surface area contributed by atoms with E-state index in [9.17, 15) is 23.2 Å². The molecule has 1 aromatic rings. The van der Waals surface area contributed by atoms with Crippen LogP contribution in [0.5, 0.6) is 11.5 Å². The third kappa shape index (κ3) is 5.83. The number of hydrogen-bond donors (Lipinski definition) is 2. The average Bonchev–Trinajstić information content (AvgIpc) is 3.21. The fraction of sp³-hybridized carbons (Fsp3) is 0.571. The van der Waals surface area contributed by atoms with Gasteiger partial charge in [-0.25, -0.2) is 0 Å². The maximum atomic E-state index is 13.1. The van der Waals surface area contributed by atoms with Gasteiger partial charge in [0, 0.05) is 23.7 Å². The van der Waals surface area contributed by atoms with Crippen molar-refractivity contribution in [2.45, 2.75) is 64.7 Å². The summed E-state index contributed by atoms with van der Waals surface area (Å²) in [6.07, 6.45) is -1.13. The Morgan fingerprint density at radius 3 is 2.35 bits per heavy atom. The Hall–Kier alpha value is -2.91. The van der Waals surface area contributed by atoms with Gasteiger partial charge in [-0.15, -0.1) is 8.78 Å². The highest BCUT2D eigenvalue weighted by molar-refractivity contribution is 5.94. The van der Waals surface area contributed by atoms with Crippen molar-refractivity contribution in [3.63, 3.8) is 0 Å². The number of carbonyl (C=O) groups excluding carboxylic acids is 3. The Balaban J connectivity index is 1.55. The number of anilines is 1. The highest BCUT2D eigenvalue weighted by Gasteiger charge is 2.45. The second kappa shape index (κ2) is 8.32. The Kier molecular flexibility index (Phi) is 6.11. The van der Waals surface area contributed by atoms with E-state index in [0.717, 1.165) is 12.8 Å². The van der Waals surface area contributed by atoms with E-state index in [0.29, 0.717) is 12.8 Å². The van der Waals surface area contributed by atoms with Crippen LogP contribution >= 0.6 is 0 Å². The molecule has 1 aromatic carbocycles. The normalized spacial score (nSPS) is 18.4. The van der Waals surface area contributed by atoms with Crippen LogP contribution in [0.4, 0.5) is 14.5 Å². The van der Waals surface area contributed by atoms with E-state index >= 15 is 0 Å². The molecule has 0 bridgehead atoms. The first kappa shape index (κ1) is 22.8. The van der Waals surface area contributed by atoms with Crippen molar-refractivity contribution >= 4 is 23.5 Å². The molecular formula is C21H26F2N2O6. The van der Waals surface area contributed by atoms with Gasteiger partial charge in [-0.3, -0.25) is 14.4 Å². The van der Waals surface area contributed by atoms with Crippen molar-refractivity contribution in [3.8, 4) is 11.5 Å². The number of fused-ring (bicyclic) bond motifs is 1. The minimum absolute atomic E-state index is 0.00109. The van der Waals surface area contributed by atoms with Crippen LogP contribution in [-0.4, -0.2) is 36.2 Å². The number of hydrogen-bond acceptors (Lipinski definition) is 6. The first-order valence-electron chi connectivity index (χ1n) is 10.1. The Bertz CT molecular complexity index is 875. The lowest BCUT2D eigenvalue weighted by atomic mass is 9.82. The van der Waals surface area contributed by atoms with Crippen LogP contribution in [0, 0.1) is 5.41 Å². The topological polar surface area (TPSA) is 103 Å². The second-order valence-corrected chi connectivity index (χ2v) is 8.92. The van der Waals surface area contributed by atoms with E-state index in [4.69, 9.17) is 4.74 Å². The molecule has 0 aromatic heterocycles. The van der Waals surface area contributed by atoms with Gasteiger partial charge in [0.15, 0.2) is 18.1 Å². The summed E-state index contributed by atoms with van der Waals surface area (Å²) in [6, 6.07) is 3.78. The van der Waals surface area contributed by atoms with Gasteiger partial charge in [0.05, 0.1) is 5.41 Å². The maximum Gasteiger partial charge on any atom is 0.586 e. The average molecular weight is 440 g/mol. The number of halogens is 2.